The molecular weight excluding hydrogens is 224 g/mol. The highest BCUT2D eigenvalue weighted by atomic mass is 16.5. The lowest BCUT2D eigenvalue weighted by Gasteiger charge is -2.15. The maximum atomic E-state index is 5.74. The Morgan fingerprint density at radius 3 is 2.56 bits per heavy atom. The Kier molecular flexibility index (Phi) is 6.73. The van der Waals surface area contributed by atoms with Crippen LogP contribution in [0.25, 0.3) is 0 Å². The summed E-state index contributed by atoms with van der Waals surface area (Å²) < 4.78 is 5.74. The molecule has 0 aliphatic carbocycles. The largest absolute Gasteiger partial charge is 0.475 e. The van der Waals surface area contributed by atoms with Gasteiger partial charge in [0.25, 0.3) is 0 Å². The van der Waals surface area contributed by atoms with Crippen molar-refractivity contribution in [1.29, 1.82) is 0 Å². The van der Waals surface area contributed by atoms with Crippen molar-refractivity contribution in [3.63, 3.8) is 0 Å². The number of ether oxygens (including phenoxy) is 1. The van der Waals surface area contributed by atoms with Crippen LogP contribution in [0.15, 0.2) is 18.3 Å². The summed E-state index contributed by atoms with van der Waals surface area (Å²) in [7, 11) is 0. The number of hydrogen-bond acceptors (Lipinski definition) is 3. The van der Waals surface area contributed by atoms with E-state index in [-0.39, 0.29) is 6.10 Å². The number of aromatic nitrogens is 1. The molecule has 0 amide bonds. The first-order valence-electron chi connectivity index (χ1n) is 7.03. The zero-order valence-corrected chi connectivity index (χ0v) is 12.1. The Hall–Kier alpha value is -1.09. The van der Waals surface area contributed by atoms with Crippen molar-refractivity contribution < 1.29 is 4.74 Å². The third-order valence-electron chi connectivity index (χ3n) is 2.98. The van der Waals surface area contributed by atoms with Crippen LogP contribution in [0, 0.1) is 0 Å². The maximum Gasteiger partial charge on any atom is 0.213 e. The fourth-order valence-corrected chi connectivity index (χ4v) is 1.87. The van der Waals surface area contributed by atoms with Gasteiger partial charge in [-0.25, -0.2) is 4.98 Å². The number of hydrogen-bond donors (Lipinski definition) is 1. The molecule has 0 aliphatic rings. The summed E-state index contributed by atoms with van der Waals surface area (Å²) in [6, 6.07) is 4.40. The van der Waals surface area contributed by atoms with Crippen molar-refractivity contribution in [3.05, 3.63) is 23.9 Å². The van der Waals surface area contributed by atoms with Crippen molar-refractivity contribution in [2.45, 2.75) is 59.1 Å². The van der Waals surface area contributed by atoms with Crippen molar-refractivity contribution in [2.75, 3.05) is 6.54 Å². The van der Waals surface area contributed by atoms with E-state index >= 15 is 0 Å². The van der Waals surface area contributed by atoms with Gasteiger partial charge < -0.3 is 10.1 Å². The summed E-state index contributed by atoms with van der Waals surface area (Å²) in [5.74, 6) is 0.724. The highest BCUT2D eigenvalue weighted by molar-refractivity contribution is 5.20. The first-order valence-corrected chi connectivity index (χ1v) is 7.03. The van der Waals surface area contributed by atoms with Crippen LogP contribution in [-0.2, 0) is 0 Å². The van der Waals surface area contributed by atoms with E-state index in [4.69, 9.17) is 4.74 Å². The molecule has 0 aliphatic heterocycles. The lowest BCUT2D eigenvalue weighted by Crippen LogP contribution is -2.19. The van der Waals surface area contributed by atoms with E-state index in [2.05, 4.69) is 44.1 Å². The number of nitrogens with one attached hydrogen (secondary N) is 1. The first-order chi connectivity index (χ1) is 8.67. The molecule has 1 N–H and O–H groups in total. The topological polar surface area (TPSA) is 34.1 Å². The van der Waals surface area contributed by atoms with Crippen LogP contribution >= 0.6 is 0 Å². The SMILES string of the molecule is CCCNC(C)c1ccc(OC(C)CCC)nc1. The van der Waals surface area contributed by atoms with Crippen LogP contribution < -0.4 is 10.1 Å². The second kappa shape index (κ2) is 8.09. The summed E-state index contributed by atoms with van der Waals surface area (Å²) in [5.41, 5.74) is 1.21. The Balaban J connectivity index is 2.51. The molecule has 0 fully saturated rings. The molecule has 3 nitrogen and oxygen atoms in total. The second-order valence-corrected chi connectivity index (χ2v) is 4.82. The van der Waals surface area contributed by atoms with E-state index in [1.807, 2.05) is 12.3 Å². The minimum Gasteiger partial charge on any atom is -0.475 e. The standard InChI is InChI=1S/C15H26N2O/c1-5-7-12(3)18-15-9-8-14(11-17-15)13(4)16-10-6-2/h8-9,11-13,16H,5-7,10H2,1-4H3. The van der Waals surface area contributed by atoms with Crippen LogP contribution in [0.2, 0.25) is 0 Å². The van der Waals surface area contributed by atoms with Crippen molar-refractivity contribution in [2.24, 2.45) is 0 Å². The lowest BCUT2D eigenvalue weighted by atomic mass is 10.1. The van der Waals surface area contributed by atoms with Crippen molar-refractivity contribution in [1.82, 2.24) is 10.3 Å². The van der Waals surface area contributed by atoms with Crippen LogP contribution in [0.1, 0.15) is 58.6 Å². The monoisotopic (exact) mass is 250 g/mol. The van der Waals surface area contributed by atoms with Gasteiger partial charge in [-0.2, -0.15) is 0 Å². The van der Waals surface area contributed by atoms with Crippen molar-refractivity contribution >= 4 is 0 Å². The van der Waals surface area contributed by atoms with E-state index in [0.717, 1.165) is 31.7 Å². The van der Waals surface area contributed by atoms with Gasteiger partial charge >= 0.3 is 0 Å². The Morgan fingerprint density at radius 1 is 1.22 bits per heavy atom. The van der Waals surface area contributed by atoms with Gasteiger partial charge in [-0.15, -0.1) is 0 Å². The van der Waals surface area contributed by atoms with Crippen LogP contribution in [-0.4, -0.2) is 17.6 Å². The predicted molar refractivity (Wildman–Crippen MR) is 75.9 cm³/mol. The Bertz CT molecular complexity index is 324. The van der Waals surface area contributed by atoms with Crippen LogP contribution in [0.5, 0.6) is 5.88 Å². The zero-order valence-electron chi connectivity index (χ0n) is 12.1. The van der Waals surface area contributed by atoms with Gasteiger partial charge in [0.05, 0.1) is 6.10 Å². The molecular formula is C15H26N2O. The summed E-state index contributed by atoms with van der Waals surface area (Å²) in [4.78, 5) is 4.37. The van der Waals surface area contributed by atoms with Crippen molar-refractivity contribution in [3.8, 4) is 5.88 Å². The summed E-state index contributed by atoms with van der Waals surface area (Å²) in [6.07, 6.45) is 5.49. The molecule has 2 unspecified atom stereocenters. The molecule has 3 heteroatoms. The average molecular weight is 250 g/mol. The smallest absolute Gasteiger partial charge is 0.213 e. The fourth-order valence-electron chi connectivity index (χ4n) is 1.87. The summed E-state index contributed by atoms with van der Waals surface area (Å²) in [5, 5.41) is 3.45. The Morgan fingerprint density at radius 2 is 2.00 bits per heavy atom. The molecule has 0 bridgehead atoms. The normalized spacial score (nSPS) is 14.2. The minimum absolute atomic E-state index is 0.240. The molecule has 1 heterocycles. The summed E-state index contributed by atoms with van der Waals surface area (Å²) in [6.45, 7) is 9.62. The fraction of sp³-hybridized carbons (Fsp3) is 0.667. The lowest BCUT2D eigenvalue weighted by molar-refractivity contribution is 0.201. The molecule has 0 spiro atoms. The van der Waals surface area contributed by atoms with Gasteiger partial charge in [0.1, 0.15) is 0 Å². The molecule has 0 saturated carbocycles. The van der Waals surface area contributed by atoms with Gasteiger partial charge in [-0.1, -0.05) is 26.3 Å². The molecule has 102 valence electrons. The predicted octanol–water partition coefficient (Wildman–Crippen LogP) is 3.71. The maximum absolute atomic E-state index is 5.74. The molecule has 18 heavy (non-hydrogen) atoms. The zero-order chi connectivity index (χ0) is 13.4. The van der Waals surface area contributed by atoms with Gasteiger partial charge in [0.2, 0.25) is 5.88 Å². The van der Waals surface area contributed by atoms with Gasteiger partial charge in [-0.3, -0.25) is 0 Å². The molecule has 1 aromatic heterocycles. The highest BCUT2D eigenvalue weighted by Gasteiger charge is 2.07. The first kappa shape index (κ1) is 15.0. The molecule has 0 radical (unpaired) electrons. The van der Waals surface area contributed by atoms with Gasteiger partial charge in [0, 0.05) is 18.3 Å². The minimum atomic E-state index is 0.240. The number of pyridine rings is 1. The van der Waals surface area contributed by atoms with Gasteiger partial charge in [0.15, 0.2) is 0 Å². The van der Waals surface area contributed by atoms with E-state index in [9.17, 15) is 0 Å². The molecule has 1 aromatic rings. The quantitative estimate of drug-likeness (QED) is 0.763. The van der Waals surface area contributed by atoms with Crippen LogP contribution in [0.3, 0.4) is 0 Å². The van der Waals surface area contributed by atoms with E-state index in [1.165, 1.54) is 5.56 Å². The molecule has 1 rings (SSSR count). The van der Waals surface area contributed by atoms with Crippen LogP contribution in [0.4, 0.5) is 0 Å². The molecule has 0 aromatic carbocycles. The highest BCUT2D eigenvalue weighted by Crippen LogP contribution is 2.16. The van der Waals surface area contributed by atoms with Gasteiger partial charge in [-0.05, 0) is 38.8 Å². The van der Waals surface area contributed by atoms with E-state index in [0.29, 0.717) is 6.04 Å². The molecule has 0 saturated heterocycles. The Labute approximate surface area is 111 Å². The average Bonchev–Trinajstić information content (AvgIpc) is 2.37. The van der Waals surface area contributed by atoms with E-state index in [1.54, 1.807) is 0 Å². The second-order valence-electron chi connectivity index (χ2n) is 4.82. The van der Waals surface area contributed by atoms with E-state index < -0.39 is 0 Å². The number of nitrogens with zero attached hydrogens (tertiary/aromatic N) is 1. The third-order valence-corrected chi connectivity index (χ3v) is 2.98. The molecule has 2 atom stereocenters. The third kappa shape index (κ3) is 5.05. The summed E-state index contributed by atoms with van der Waals surface area (Å²) >= 11 is 0. The number of rotatable bonds is 8.